The monoisotopic (exact) mass is 222 g/mol. The van der Waals surface area contributed by atoms with Gasteiger partial charge in [-0.3, -0.25) is 0 Å². The lowest BCUT2D eigenvalue weighted by molar-refractivity contribution is 0.0696. The molecule has 0 unspecified atom stereocenters. The summed E-state index contributed by atoms with van der Waals surface area (Å²) in [6, 6.07) is 4.90. The molecule has 1 aliphatic heterocycles. The van der Waals surface area contributed by atoms with Crippen molar-refractivity contribution < 1.29 is 19.4 Å². The topological polar surface area (TPSA) is 55.8 Å². The Hall–Kier alpha value is -1.55. The number of ether oxygens (including phenoxy) is 2. The van der Waals surface area contributed by atoms with Gasteiger partial charge in [-0.15, -0.1) is 0 Å². The first-order valence-electron chi connectivity index (χ1n) is 5.25. The van der Waals surface area contributed by atoms with Gasteiger partial charge in [-0.2, -0.15) is 0 Å². The third kappa shape index (κ3) is 2.33. The Kier molecular flexibility index (Phi) is 3.10. The first kappa shape index (κ1) is 11.0. The van der Waals surface area contributed by atoms with Gasteiger partial charge in [-0.1, -0.05) is 6.07 Å². The zero-order chi connectivity index (χ0) is 11.5. The molecular weight excluding hydrogens is 208 g/mol. The van der Waals surface area contributed by atoms with Crippen molar-refractivity contribution in [2.75, 3.05) is 13.2 Å². The molecule has 1 heterocycles. The average Bonchev–Trinajstić information content (AvgIpc) is 2.73. The van der Waals surface area contributed by atoms with Crippen molar-refractivity contribution in [1.29, 1.82) is 0 Å². The molecule has 4 nitrogen and oxygen atoms in total. The largest absolute Gasteiger partial charge is 0.488 e. The van der Waals surface area contributed by atoms with E-state index in [9.17, 15) is 4.79 Å². The van der Waals surface area contributed by atoms with Gasteiger partial charge in [0.05, 0.1) is 18.8 Å². The van der Waals surface area contributed by atoms with Gasteiger partial charge in [0.2, 0.25) is 0 Å². The molecule has 0 aromatic heterocycles. The zero-order valence-corrected chi connectivity index (χ0v) is 9.10. The van der Waals surface area contributed by atoms with Gasteiger partial charge in [0.15, 0.2) is 0 Å². The molecular formula is C12H14O4. The van der Waals surface area contributed by atoms with E-state index in [0.29, 0.717) is 19.0 Å². The number of benzene rings is 1. The van der Waals surface area contributed by atoms with Gasteiger partial charge in [-0.25, -0.2) is 4.79 Å². The summed E-state index contributed by atoms with van der Waals surface area (Å²) in [4.78, 5) is 10.8. The Morgan fingerprint density at radius 3 is 3.00 bits per heavy atom. The van der Waals surface area contributed by atoms with Crippen LogP contribution in [-0.2, 0) is 4.74 Å². The van der Waals surface area contributed by atoms with Gasteiger partial charge in [0.1, 0.15) is 11.9 Å². The highest BCUT2D eigenvalue weighted by atomic mass is 16.5. The van der Waals surface area contributed by atoms with E-state index in [1.54, 1.807) is 18.2 Å². The summed E-state index contributed by atoms with van der Waals surface area (Å²) in [5.74, 6) is -0.303. The van der Waals surface area contributed by atoms with Crippen LogP contribution in [0.15, 0.2) is 18.2 Å². The predicted molar refractivity (Wildman–Crippen MR) is 58.0 cm³/mol. The predicted octanol–water partition coefficient (Wildman–Crippen LogP) is 1.86. The lowest BCUT2D eigenvalue weighted by atomic mass is 10.1. The number of hydrogen-bond acceptors (Lipinski definition) is 3. The van der Waals surface area contributed by atoms with E-state index in [0.717, 1.165) is 12.0 Å². The van der Waals surface area contributed by atoms with Crippen LogP contribution in [0.5, 0.6) is 5.75 Å². The molecule has 0 bridgehead atoms. The third-order valence-corrected chi connectivity index (χ3v) is 2.62. The number of hydrogen-bond donors (Lipinski definition) is 1. The number of aryl methyl sites for hydroxylation is 1. The Morgan fingerprint density at radius 1 is 1.56 bits per heavy atom. The quantitative estimate of drug-likeness (QED) is 0.848. The van der Waals surface area contributed by atoms with Crippen LogP contribution < -0.4 is 4.74 Å². The Morgan fingerprint density at radius 2 is 2.38 bits per heavy atom. The number of rotatable bonds is 3. The van der Waals surface area contributed by atoms with Gasteiger partial charge >= 0.3 is 5.97 Å². The summed E-state index contributed by atoms with van der Waals surface area (Å²) in [7, 11) is 0. The van der Waals surface area contributed by atoms with Crippen molar-refractivity contribution in [1.82, 2.24) is 0 Å². The van der Waals surface area contributed by atoms with Crippen LogP contribution in [0.3, 0.4) is 0 Å². The molecule has 1 aromatic carbocycles. The van der Waals surface area contributed by atoms with Crippen molar-refractivity contribution in [3.8, 4) is 5.75 Å². The molecule has 0 radical (unpaired) electrons. The molecule has 0 amide bonds. The summed E-state index contributed by atoms with van der Waals surface area (Å²) < 4.78 is 10.9. The summed E-state index contributed by atoms with van der Waals surface area (Å²) in [6.45, 7) is 3.19. The first-order valence-corrected chi connectivity index (χ1v) is 5.25. The van der Waals surface area contributed by atoms with Crippen LogP contribution in [-0.4, -0.2) is 30.4 Å². The lowest BCUT2D eigenvalue weighted by Crippen LogP contribution is -2.16. The fourth-order valence-corrected chi connectivity index (χ4v) is 1.65. The second kappa shape index (κ2) is 4.53. The molecule has 0 spiro atoms. The SMILES string of the molecule is Cc1ccc(C(=O)O)cc1O[C@@H]1CCOC1. The van der Waals surface area contributed by atoms with Gasteiger partial charge in [0, 0.05) is 6.42 Å². The van der Waals surface area contributed by atoms with Crippen LogP contribution >= 0.6 is 0 Å². The fourth-order valence-electron chi connectivity index (χ4n) is 1.65. The van der Waals surface area contributed by atoms with Crippen molar-refractivity contribution in [2.24, 2.45) is 0 Å². The smallest absolute Gasteiger partial charge is 0.335 e. The Balaban J connectivity index is 2.17. The van der Waals surface area contributed by atoms with Crippen LogP contribution in [0.4, 0.5) is 0 Å². The molecule has 1 atom stereocenters. The molecule has 1 saturated heterocycles. The second-order valence-electron chi connectivity index (χ2n) is 3.89. The number of carboxylic acid groups (broad SMARTS) is 1. The summed E-state index contributed by atoms with van der Waals surface area (Å²) >= 11 is 0. The van der Waals surface area contributed by atoms with Crippen molar-refractivity contribution >= 4 is 5.97 Å². The van der Waals surface area contributed by atoms with Gasteiger partial charge in [-0.05, 0) is 24.6 Å². The fraction of sp³-hybridized carbons (Fsp3) is 0.417. The molecule has 1 N–H and O–H groups in total. The highest BCUT2D eigenvalue weighted by Crippen LogP contribution is 2.23. The first-order chi connectivity index (χ1) is 7.66. The minimum absolute atomic E-state index is 0.0442. The molecule has 0 saturated carbocycles. The van der Waals surface area contributed by atoms with Gasteiger partial charge < -0.3 is 14.6 Å². The lowest BCUT2D eigenvalue weighted by Gasteiger charge is -2.14. The zero-order valence-electron chi connectivity index (χ0n) is 9.10. The maximum absolute atomic E-state index is 10.8. The van der Waals surface area contributed by atoms with Crippen LogP contribution in [0.25, 0.3) is 0 Å². The molecule has 1 aromatic rings. The van der Waals surface area contributed by atoms with Crippen LogP contribution in [0.2, 0.25) is 0 Å². The third-order valence-electron chi connectivity index (χ3n) is 2.62. The van der Waals surface area contributed by atoms with Gasteiger partial charge in [0.25, 0.3) is 0 Å². The minimum Gasteiger partial charge on any atom is -0.488 e. The molecule has 2 rings (SSSR count). The molecule has 16 heavy (non-hydrogen) atoms. The summed E-state index contributed by atoms with van der Waals surface area (Å²) in [5.41, 5.74) is 1.19. The van der Waals surface area contributed by atoms with Crippen molar-refractivity contribution in [3.05, 3.63) is 29.3 Å². The van der Waals surface area contributed by atoms with E-state index < -0.39 is 5.97 Å². The molecule has 4 heteroatoms. The maximum Gasteiger partial charge on any atom is 0.335 e. The number of carboxylic acids is 1. The maximum atomic E-state index is 10.8. The van der Waals surface area contributed by atoms with E-state index in [4.69, 9.17) is 14.6 Å². The molecule has 0 aliphatic carbocycles. The second-order valence-corrected chi connectivity index (χ2v) is 3.89. The van der Waals surface area contributed by atoms with Crippen LogP contribution in [0, 0.1) is 6.92 Å². The van der Waals surface area contributed by atoms with E-state index in [2.05, 4.69) is 0 Å². The standard InChI is InChI=1S/C12H14O4/c1-8-2-3-9(12(13)14)6-11(8)16-10-4-5-15-7-10/h2-3,6,10H,4-5,7H2,1H3,(H,13,14)/t10-/m1/s1. The summed E-state index contributed by atoms with van der Waals surface area (Å²) in [6.07, 6.45) is 0.902. The van der Waals surface area contributed by atoms with E-state index >= 15 is 0 Å². The normalized spacial score (nSPS) is 19.7. The molecule has 1 aliphatic rings. The van der Waals surface area contributed by atoms with Crippen molar-refractivity contribution in [2.45, 2.75) is 19.4 Å². The number of aromatic carboxylic acids is 1. The summed E-state index contributed by atoms with van der Waals surface area (Å²) in [5, 5.41) is 8.88. The molecule has 86 valence electrons. The average molecular weight is 222 g/mol. The highest BCUT2D eigenvalue weighted by molar-refractivity contribution is 5.88. The Labute approximate surface area is 93.8 Å². The van der Waals surface area contributed by atoms with Crippen molar-refractivity contribution in [3.63, 3.8) is 0 Å². The van der Waals surface area contributed by atoms with E-state index in [-0.39, 0.29) is 11.7 Å². The molecule has 1 fully saturated rings. The van der Waals surface area contributed by atoms with Crippen LogP contribution in [0.1, 0.15) is 22.3 Å². The van der Waals surface area contributed by atoms with E-state index in [1.165, 1.54) is 0 Å². The minimum atomic E-state index is -0.937. The number of carbonyl (C=O) groups is 1. The van der Waals surface area contributed by atoms with E-state index in [1.807, 2.05) is 6.92 Å². The Bertz CT molecular complexity index is 394. The highest BCUT2D eigenvalue weighted by Gasteiger charge is 2.18.